The zero-order valence-electron chi connectivity index (χ0n) is 32.7. The van der Waals surface area contributed by atoms with Gasteiger partial charge in [0.15, 0.2) is 0 Å². The summed E-state index contributed by atoms with van der Waals surface area (Å²) in [6, 6.07) is 20.9. The molecule has 0 fully saturated rings. The van der Waals surface area contributed by atoms with Crippen molar-refractivity contribution in [1.82, 2.24) is 0 Å². The molecule has 0 bridgehead atoms. The van der Waals surface area contributed by atoms with Gasteiger partial charge in [-0.1, -0.05) is 0 Å². The number of hydrogen-bond donors (Lipinski definition) is 1. The Morgan fingerprint density at radius 3 is 2.06 bits per heavy atom. The predicted octanol–water partition coefficient (Wildman–Crippen LogP) is 12.0. The van der Waals surface area contributed by atoms with E-state index in [1.165, 1.54) is 74.4 Å². The van der Waals surface area contributed by atoms with Gasteiger partial charge in [-0.05, 0) is 0 Å². The van der Waals surface area contributed by atoms with Crippen LogP contribution >= 0.6 is 24.4 Å². The first kappa shape index (κ1) is 41.4. The zero-order chi connectivity index (χ0) is 38.0. The van der Waals surface area contributed by atoms with Crippen LogP contribution in [0.2, 0.25) is 3.98 Å². The first-order valence-corrected chi connectivity index (χ1v) is 24.2. The number of nitrogens with zero attached hydrogens (tertiary/aromatic N) is 2. The molecule has 2 aliphatic rings. The molecule has 1 aliphatic heterocycles. The Kier molecular flexibility index (Phi) is 13.8. The molecule has 0 saturated heterocycles. The van der Waals surface area contributed by atoms with Gasteiger partial charge in [0.1, 0.15) is 0 Å². The zero-order valence-corrected chi connectivity index (χ0v) is 42.2. The standard InChI is InChI=1S/C46H54N2S2.2Pb/c1-12-31(40-22-20-38(47(8)9)29-42(40)49)16-18-33-14-13-15-34(19-17-32-24-25-50-43-30-39(48(10)11)21-23-41(32)43)44(33)35-26-36(45(2,3)4)28-37(27-35)46(5,6)7;;/h12,16-24,26-30,49H,1,13-15H2,2-11H3;;/b18-16+,31-12-,32-17+,34-19+;;. The molecule has 0 atom stereocenters. The molecule has 3 aromatic rings. The van der Waals surface area contributed by atoms with Crippen molar-refractivity contribution in [3.63, 3.8) is 0 Å². The van der Waals surface area contributed by atoms with E-state index in [1.807, 2.05) is 11.8 Å². The maximum absolute atomic E-state index is 4.98. The molecule has 3 aromatic carbocycles. The fourth-order valence-electron chi connectivity index (χ4n) is 6.69. The number of allylic oxidation sites excluding steroid dienone is 11. The van der Waals surface area contributed by atoms with Gasteiger partial charge in [-0.25, -0.2) is 0 Å². The SMILES string of the molecule is CN(C)c1ccc(C(=C\[CH2][Pb])/C=C/C2=C(c3cc(C(C)(C)C)cc(C(C)(C)C)c3)C(=C/C=C3\C=[C]([Pb])Sc4cc(N(C)C)ccc43)/CCC2)c(S)c1. The summed E-state index contributed by atoms with van der Waals surface area (Å²) in [4.78, 5) is 6.71. The minimum atomic E-state index is 0.0385. The second-order valence-corrected chi connectivity index (χ2v) is 23.0. The van der Waals surface area contributed by atoms with E-state index in [-0.39, 0.29) is 10.8 Å². The summed E-state index contributed by atoms with van der Waals surface area (Å²) in [6.07, 6.45) is 17.7. The fourth-order valence-corrected chi connectivity index (χ4v) is 10.7. The molecular weight excluding hydrogens is 1060 g/mol. The molecule has 6 radical (unpaired) electrons. The summed E-state index contributed by atoms with van der Waals surface area (Å²) in [6.45, 7) is 14.1. The topological polar surface area (TPSA) is 6.48 Å². The van der Waals surface area contributed by atoms with Crippen LogP contribution in [0.3, 0.4) is 0 Å². The quantitative estimate of drug-likeness (QED) is 0.137. The van der Waals surface area contributed by atoms with Crippen molar-refractivity contribution in [1.29, 1.82) is 0 Å². The molecule has 268 valence electrons. The van der Waals surface area contributed by atoms with Crippen molar-refractivity contribution in [2.75, 3.05) is 38.0 Å². The molecule has 0 spiro atoms. The molecule has 5 rings (SSSR count). The predicted molar refractivity (Wildman–Crippen MR) is 237 cm³/mol. The molecule has 2 nitrogen and oxygen atoms in total. The van der Waals surface area contributed by atoms with Crippen molar-refractivity contribution in [3.8, 4) is 0 Å². The van der Waals surface area contributed by atoms with Crippen LogP contribution in [0.15, 0.2) is 114 Å². The van der Waals surface area contributed by atoms with Crippen LogP contribution in [0.5, 0.6) is 0 Å². The van der Waals surface area contributed by atoms with E-state index in [9.17, 15) is 0 Å². The number of benzene rings is 3. The Bertz CT molecular complexity index is 1980. The number of rotatable bonds is 8. The van der Waals surface area contributed by atoms with Gasteiger partial charge in [0.25, 0.3) is 0 Å². The van der Waals surface area contributed by atoms with E-state index >= 15 is 0 Å². The summed E-state index contributed by atoms with van der Waals surface area (Å²) in [5, 5.41) is 0. The molecule has 6 heteroatoms. The number of fused-ring (bicyclic) bond motifs is 1. The number of thiol groups is 1. The van der Waals surface area contributed by atoms with Gasteiger partial charge in [-0.3, -0.25) is 0 Å². The van der Waals surface area contributed by atoms with Crippen molar-refractivity contribution in [3.05, 3.63) is 132 Å². The van der Waals surface area contributed by atoms with Crippen LogP contribution in [-0.2, 0) is 10.8 Å². The summed E-state index contributed by atoms with van der Waals surface area (Å²) in [7, 11) is 8.41. The van der Waals surface area contributed by atoms with Crippen LogP contribution in [0.4, 0.5) is 11.4 Å². The Labute approximate surface area is 356 Å². The van der Waals surface area contributed by atoms with Gasteiger partial charge in [0, 0.05) is 0 Å². The Hall–Kier alpha value is -1.76. The molecule has 1 heterocycles. The third-order valence-corrected chi connectivity index (χ3v) is 13.7. The van der Waals surface area contributed by atoms with Crippen molar-refractivity contribution >= 4 is 104 Å². The third-order valence-electron chi connectivity index (χ3n) is 9.85. The van der Waals surface area contributed by atoms with Crippen LogP contribution < -0.4 is 9.80 Å². The molecule has 0 unspecified atom stereocenters. The fraction of sp³-hybridized carbons (Fsp3) is 0.348. The van der Waals surface area contributed by atoms with E-state index in [1.54, 1.807) is 0 Å². The van der Waals surface area contributed by atoms with E-state index in [2.05, 4.69) is 171 Å². The molecule has 52 heavy (non-hydrogen) atoms. The molecule has 1 aliphatic carbocycles. The summed E-state index contributed by atoms with van der Waals surface area (Å²) >= 11 is 9.07. The van der Waals surface area contributed by atoms with Gasteiger partial charge < -0.3 is 0 Å². The van der Waals surface area contributed by atoms with E-state index in [0.717, 1.165) is 79.7 Å². The second-order valence-electron chi connectivity index (χ2n) is 16.3. The van der Waals surface area contributed by atoms with E-state index < -0.39 is 0 Å². The minimum absolute atomic E-state index is 0.0385. The van der Waals surface area contributed by atoms with Crippen LogP contribution in [-0.4, -0.2) is 79.7 Å². The average molecular weight is 1110 g/mol. The third kappa shape index (κ3) is 10.1. The van der Waals surface area contributed by atoms with Gasteiger partial charge in [0.2, 0.25) is 0 Å². The Balaban J connectivity index is 1.71. The van der Waals surface area contributed by atoms with Crippen molar-refractivity contribution < 1.29 is 0 Å². The summed E-state index contributed by atoms with van der Waals surface area (Å²) in [5.41, 5.74) is 16.0. The first-order valence-electron chi connectivity index (χ1n) is 18.2. The molecule has 0 N–H and O–H groups in total. The van der Waals surface area contributed by atoms with Crippen molar-refractivity contribution in [2.45, 2.75) is 85.4 Å². The number of hydrogen-bond acceptors (Lipinski definition) is 4. The van der Waals surface area contributed by atoms with Crippen LogP contribution in [0.25, 0.3) is 16.7 Å². The van der Waals surface area contributed by atoms with Gasteiger partial charge >= 0.3 is 360 Å². The molecule has 0 amide bonds. The molecule has 0 saturated carbocycles. The number of thioether (sulfide) groups is 1. The molecule has 0 aromatic heterocycles. The van der Waals surface area contributed by atoms with Gasteiger partial charge in [-0.2, -0.15) is 0 Å². The molecular formula is C46H54N2Pb2S2. The van der Waals surface area contributed by atoms with Crippen LogP contribution in [0, 0.1) is 0 Å². The Morgan fingerprint density at radius 2 is 1.46 bits per heavy atom. The maximum atomic E-state index is 4.98. The summed E-state index contributed by atoms with van der Waals surface area (Å²) in [5.74, 6) is 0. The second kappa shape index (κ2) is 17.4. The summed E-state index contributed by atoms with van der Waals surface area (Å²) < 4.78 is 2.56. The van der Waals surface area contributed by atoms with E-state index in [4.69, 9.17) is 12.6 Å². The van der Waals surface area contributed by atoms with Crippen LogP contribution in [0.1, 0.15) is 88.6 Å². The van der Waals surface area contributed by atoms with Gasteiger partial charge in [-0.15, -0.1) is 0 Å². The van der Waals surface area contributed by atoms with Crippen molar-refractivity contribution in [2.24, 2.45) is 0 Å². The van der Waals surface area contributed by atoms with Gasteiger partial charge in [0.05, 0.1) is 0 Å². The normalized spacial score (nSPS) is 17.2. The number of anilines is 2. The first-order chi connectivity index (χ1) is 24.5. The van der Waals surface area contributed by atoms with E-state index in [0.29, 0.717) is 0 Å². The Morgan fingerprint density at radius 1 is 0.827 bits per heavy atom. The average Bonchev–Trinajstić information content (AvgIpc) is 3.07. The monoisotopic (exact) mass is 1110 g/mol.